The number of likely N-dealkylation sites (N-methyl/N-ethyl adjacent to an activating group) is 1. The van der Waals surface area contributed by atoms with E-state index in [2.05, 4.69) is 11.8 Å². The topological polar surface area (TPSA) is 66.8 Å². The van der Waals surface area contributed by atoms with E-state index in [0.717, 1.165) is 12.1 Å². The molecule has 0 aromatic heterocycles. The number of halogens is 1. The highest BCUT2D eigenvalue weighted by Gasteiger charge is 2.32. The van der Waals surface area contributed by atoms with Crippen molar-refractivity contribution in [3.05, 3.63) is 29.6 Å². The molecule has 1 heterocycles. The lowest BCUT2D eigenvalue weighted by Crippen LogP contribution is -2.37. The monoisotopic (exact) mass is 313 g/mol. The molecule has 1 fully saturated rings. The first-order chi connectivity index (χ1) is 9.96. The van der Waals surface area contributed by atoms with Gasteiger partial charge in [-0.3, -0.25) is 0 Å². The van der Waals surface area contributed by atoms with Crippen molar-refractivity contribution in [2.45, 2.75) is 17.4 Å². The van der Waals surface area contributed by atoms with E-state index in [1.54, 1.807) is 0 Å². The maximum absolute atomic E-state index is 13.3. The Labute approximate surface area is 123 Å². The Balaban J connectivity index is 2.43. The zero-order valence-electron chi connectivity index (χ0n) is 11.5. The Morgan fingerprint density at radius 1 is 1.52 bits per heavy atom. The third kappa shape index (κ3) is 3.41. The summed E-state index contributed by atoms with van der Waals surface area (Å²) in [7, 11) is -2.32. The largest absolute Gasteiger partial charge is 0.384 e. The van der Waals surface area contributed by atoms with Crippen LogP contribution in [0, 0.1) is 17.7 Å². The van der Waals surface area contributed by atoms with Crippen LogP contribution in [0.4, 0.5) is 4.39 Å². The van der Waals surface area contributed by atoms with Crippen LogP contribution in [0.15, 0.2) is 23.1 Å². The summed E-state index contributed by atoms with van der Waals surface area (Å²) in [6.45, 7) is 0.433. The number of ether oxygens (including phenoxy) is 1. The van der Waals surface area contributed by atoms with Crippen molar-refractivity contribution >= 4 is 10.0 Å². The van der Waals surface area contributed by atoms with Gasteiger partial charge in [0.05, 0.1) is 17.5 Å². The van der Waals surface area contributed by atoms with E-state index in [9.17, 15) is 12.8 Å². The van der Waals surface area contributed by atoms with Gasteiger partial charge >= 0.3 is 0 Å². The van der Waals surface area contributed by atoms with Gasteiger partial charge in [0.2, 0.25) is 10.0 Å². The number of hydrogen-bond acceptors (Lipinski definition) is 4. The minimum atomic E-state index is -3.80. The second-order valence-electron chi connectivity index (χ2n) is 4.64. The lowest BCUT2D eigenvalue weighted by molar-refractivity contribution is 0.181. The first-order valence-corrected chi connectivity index (χ1v) is 7.86. The summed E-state index contributed by atoms with van der Waals surface area (Å²) >= 11 is 0. The third-order valence-electron chi connectivity index (χ3n) is 3.32. The normalized spacial score (nSPS) is 18.6. The summed E-state index contributed by atoms with van der Waals surface area (Å²) in [6, 6.07) is 3.09. The highest BCUT2D eigenvalue weighted by atomic mass is 32.2. The summed E-state index contributed by atoms with van der Waals surface area (Å²) < 4.78 is 45.0. The Morgan fingerprint density at radius 3 is 2.90 bits per heavy atom. The van der Waals surface area contributed by atoms with Crippen LogP contribution in [0.5, 0.6) is 0 Å². The molecule has 0 bridgehead atoms. The molecule has 0 spiro atoms. The standard InChI is InChI=1S/C14H16FNO4S/c1-16(13-6-8-20-10-13)21(18,19)14-5-4-12(15)9-11(14)3-2-7-17/h4-5,9,13,17H,6-8,10H2,1H3. The van der Waals surface area contributed by atoms with Gasteiger partial charge in [-0.15, -0.1) is 0 Å². The number of hydrogen-bond donors (Lipinski definition) is 1. The quantitative estimate of drug-likeness (QED) is 0.829. The average molecular weight is 313 g/mol. The fraction of sp³-hybridized carbons (Fsp3) is 0.429. The Kier molecular flexibility index (Phi) is 4.96. The molecular weight excluding hydrogens is 297 g/mol. The predicted molar refractivity (Wildman–Crippen MR) is 74.5 cm³/mol. The molecule has 0 saturated carbocycles. The van der Waals surface area contributed by atoms with Crippen LogP contribution in [0.1, 0.15) is 12.0 Å². The molecule has 0 aliphatic carbocycles. The van der Waals surface area contributed by atoms with Crippen molar-refractivity contribution in [3.63, 3.8) is 0 Å². The molecule has 7 heteroatoms. The molecule has 0 radical (unpaired) electrons. The molecule has 1 atom stereocenters. The molecule has 1 unspecified atom stereocenters. The lowest BCUT2D eigenvalue weighted by atomic mass is 10.2. The van der Waals surface area contributed by atoms with Gasteiger partial charge in [-0.1, -0.05) is 11.8 Å². The van der Waals surface area contributed by atoms with Crippen LogP contribution >= 0.6 is 0 Å². The summed E-state index contributed by atoms with van der Waals surface area (Å²) in [5.41, 5.74) is 0.0369. The fourth-order valence-electron chi connectivity index (χ4n) is 2.12. The van der Waals surface area contributed by atoms with Gasteiger partial charge in [0.15, 0.2) is 0 Å². The van der Waals surface area contributed by atoms with E-state index in [1.165, 1.54) is 17.4 Å². The minimum absolute atomic E-state index is 0.0369. The maximum Gasteiger partial charge on any atom is 0.244 e. The maximum atomic E-state index is 13.3. The highest BCUT2D eigenvalue weighted by molar-refractivity contribution is 7.89. The zero-order valence-corrected chi connectivity index (χ0v) is 12.4. The molecule has 5 nitrogen and oxygen atoms in total. The van der Waals surface area contributed by atoms with Crippen molar-refractivity contribution in [3.8, 4) is 11.8 Å². The fourth-order valence-corrected chi connectivity index (χ4v) is 3.62. The molecule has 2 rings (SSSR count). The second kappa shape index (κ2) is 6.54. The second-order valence-corrected chi connectivity index (χ2v) is 6.60. The first kappa shape index (κ1) is 15.9. The van der Waals surface area contributed by atoms with Crippen molar-refractivity contribution in [2.75, 3.05) is 26.9 Å². The zero-order chi connectivity index (χ0) is 15.5. The van der Waals surface area contributed by atoms with Gasteiger partial charge in [-0.25, -0.2) is 12.8 Å². The molecule has 1 saturated heterocycles. The van der Waals surface area contributed by atoms with Crippen LogP contribution < -0.4 is 0 Å². The SMILES string of the molecule is CN(C1CCOC1)S(=O)(=O)c1ccc(F)cc1C#CCO. The molecular formula is C14H16FNO4S. The summed E-state index contributed by atoms with van der Waals surface area (Å²) in [6.07, 6.45) is 0.620. The number of benzene rings is 1. The molecule has 1 aromatic rings. The number of aliphatic hydroxyl groups is 1. The van der Waals surface area contributed by atoms with Crippen molar-refractivity contribution in [1.29, 1.82) is 0 Å². The molecule has 1 aromatic carbocycles. The van der Waals surface area contributed by atoms with E-state index >= 15 is 0 Å². The number of rotatable bonds is 3. The van der Waals surface area contributed by atoms with Crippen LogP contribution in [0.2, 0.25) is 0 Å². The van der Waals surface area contributed by atoms with E-state index in [1.807, 2.05) is 0 Å². The average Bonchev–Trinajstić information content (AvgIpc) is 2.98. The number of nitrogens with zero attached hydrogens (tertiary/aromatic N) is 1. The summed E-state index contributed by atoms with van der Waals surface area (Å²) in [5.74, 6) is 4.24. The predicted octanol–water partition coefficient (Wildman–Crippen LogP) is 0.579. The lowest BCUT2D eigenvalue weighted by Gasteiger charge is -2.23. The Morgan fingerprint density at radius 2 is 2.29 bits per heavy atom. The first-order valence-electron chi connectivity index (χ1n) is 6.42. The molecule has 0 amide bonds. The van der Waals surface area contributed by atoms with Gasteiger partial charge in [-0.05, 0) is 24.6 Å². The van der Waals surface area contributed by atoms with Crippen LogP contribution in [0.3, 0.4) is 0 Å². The van der Waals surface area contributed by atoms with E-state index < -0.39 is 22.4 Å². The summed E-state index contributed by atoms with van der Waals surface area (Å²) in [4.78, 5) is -0.0701. The molecule has 21 heavy (non-hydrogen) atoms. The number of aliphatic hydroxyl groups excluding tert-OH is 1. The van der Waals surface area contributed by atoms with E-state index in [-0.39, 0.29) is 16.5 Å². The van der Waals surface area contributed by atoms with Crippen LogP contribution in [0.25, 0.3) is 0 Å². The van der Waals surface area contributed by atoms with Gasteiger partial charge in [0, 0.05) is 19.2 Å². The molecule has 1 N–H and O–H groups in total. The highest BCUT2D eigenvalue weighted by Crippen LogP contribution is 2.24. The molecule has 1 aliphatic heterocycles. The van der Waals surface area contributed by atoms with Crippen LogP contribution in [-0.4, -0.2) is 50.7 Å². The van der Waals surface area contributed by atoms with Gasteiger partial charge < -0.3 is 9.84 Å². The third-order valence-corrected chi connectivity index (χ3v) is 5.29. The summed E-state index contributed by atoms with van der Waals surface area (Å²) in [5, 5.41) is 8.73. The number of sulfonamides is 1. The van der Waals surface area contributed by atoms with Gasteiger partial charge in [-0.2, -0.15) is 4.31 Å². The molecule has 1 aliphatic rings. The van der Waals surface area contributed by atoms with Crippen molar-refractivity contribution in [2.24, 2.45) is 0 Å². The smallest absolute Gasteiger partial charge is 0.244 e. The van der Waals surface area contributed by atoms with Crippen LogP contribution in [-0.2, 0) is 14.8 Å². The van der Waals surface area contributed by atoms with E-state index in [4.69, 9.17) is 9.84 Å². The molecule has 114 valence electrons. The Bertz CT molecular complexity index is 672. The van der Waals surface area contributed by atoms with Gasteiger partial charge in [0.25, 0.3) is 0 Å². The van der Waals surface area contributed by atoms with E-state index in [0.29, 0.717) is 19.6 Å². The van der Waals surface area contributed by atoms with Crippen molar-refractivity contribution in [1.82, 2.24) is 4.31 Å². The van der Waals surface area contributed by atoms with Crippen molar-refractivity contribution < 1.29 is 22.7 Å². The minimum Gasteiger partial charge on any atom is -0.384 e. The Hall–Kier alpha value is -1.46. The van der Waals surface area contributed by atoms with Gasteiger partial charge in [0.1, 0.15) is 12.4 Å².